The molecule has 0 heterocycles. The molecular formula is C21H37NO2S. The zero-order valence-corrected chi connectivity index (χ0v) is 17.4. The molecule has 0 amide bonds. The Bertz CT molecular complexity index is 552. The molecule has 1 aromatic carbocycles. The number of unbranched alkanes of at least 4 members (excludes halogenated alkanes) is 6. The summed E-state index contributed by atoms with van der Waals surface area (Å²) >= 11 is 0. The first-order chi connectivity index (χ1) is 11.9. The van der Waals surface area contributed by atoms with E-state index in [2.05, 4.69) is 27.7 Å². The topological polar surface area (TPSA) is 37.4 Å². The zero-order chi connectivity index (χ0) is 18.7. The number of rotatable bonds is 13. The minimum atomic E-state index is -3.38. The van der Waals surface area contributed by atoms with Crippen molar-refractivity contribution in [3.63, 3.8) is 0 Å². The van der Waals surface area contributed by atoms with Crippen LogP contribution in [-0.4, -0.2) is 25.8 Å². The molecule has 0 atom stereocenters. The van der Waals surface area contributed by atoms with Crippen molar-refractivity contribution in [3.05, 3.63) is 29.8 Å². The Morgan fingerprint density at radius 2 is 1.28 bits per heavy atom. The van der Waals surface area contributed by atoms with Gasteiger partial charge in [0.1, 0.15) is 0 Å². The van der Waals surface area contributed by atoms with Crippen molar-refractivity contribution in [2.45, 2.75) is 89.9 Å². The third-order valence-corrected chi connectivity index (χ3v) is 6.62. The number of hydrogen-bond donors (Lipinski definition) is 0. The number of nitrogens with zero attached hydrogens (tertiary/aromatic N) is 1. The molecule has 4 heteroatoms. The molecule has 0 unspecified atom stereocenters. The van der Waals surface area contributed by atoms with E-state index in [0.29, 0.717) is 23.9 Å². The van der Waals surface area contributed by atoms with Gasteiger partial charge in [-0.3, -0.25) is 0 Å². The van der Waals surface area contributed by atoms with Gasteiger partial charge in [-0.1, -0.05) is 78.4 Å². The maximum Gasteiger partial charge on any atom is 0.243 e. The molecule has 0 aliphatic carbocycles. The van der Waals surface area contributed by atoms with E-state index in [4.69, 9.17) is 0 Å². The second-order valence-electron chi connectivity index (χ2n) is 7.25. The van der Waals surface area contributed by atoms with Gasteiger partial charge in [0.05, 0.1) is 4.90 Å². The van der Waals surface area contributed by atoms with Crippen LogP contribution in [0.25, 0.3) is 0 Å². The average molecular weight is 368 g/mol. The predicted octanol–water partition coefficient (Wildman–Crippen LogP) is 5.96. The van der Waals surface area contributed by atoms with Gasteiger partial charge in [0, 0.05) is 13.1 Å². The molecule has 0 N–H and O–H groups in total. The zero-order valence-electron chi connectivity index (χ0n) is 16.6. The van der Waals surface area contributed by atoms with Crippen molar-refractivity contribution in [1.29, 1.82) is 0 Å². The Labute approximate surface area is 155 Å². The van der Waals surface area contributed by atoms with Crippen LogP contribution in [0.1, 0.15) is 90.5 Å². The molecule has 1 rings (SSSR count). The van der Waals surface area contributed by atoms with Crippen LogP contribution >= 0.6 is 0 Å². The van der Waals surface area contributed by atoms with Crippen molar-refractivity contribution in [2.24, 2.45) is 0 Å². The van der Waals surface area contributed by atoms with Crippen LogP contribution in [0.5, 0.6) is 0 Å². The summed E-state index contributed by atoms with van der Waals surface area (Å²) in [4.78, 5) is 0.433. The lowest BCUT2D eigenvalue weighted by molar-refractivity contribution is 0.385. The van der Waals surface area contributed by atoms with E-state index in [1.165, 1.54) is 31.2 Å². The van der Waals surface area contributed by atoms with Gasteiger partial charge < -0.3 is 0 Å². The second-order valence-corrected chi connectivity index (χ2v) is 9.19. The Morgan fingerprint density at radius 1 is 0.800 bits per heavy atom. The molecule has 25 heavy (non-hydrogen) atoms. The van der Waals surface area contributed by atoms with Crippen LogP contribution < -0.4 is 0 Å². The molecule has 144 valence electrons. The maximum atomic E-state index is 13.1. The van der Waals surface area contributed by atoms with Gasteiger partial charge in [0.25, 0.3) is 0 Å². The minimum absolute atomic E-state index is 0.413. The number of hydrogen-bond acceptors (Lipinski definition) is 2. The molecule has 0 aliphatic heterocycles. The summed E-state index contributed by atoms with van der Waals surface area (Å²) < 4.78 is 27.8. The van der Waals surface area contributed by atoms with Crippen molar-refractivity contribution >= 4 is 10.0 Å². The highest BCUT2D eigenvalue weighted by Crippen LogP contribution is 2.21. The van der Waals surface area contributed by atoms with Crippen LogP contribution in [0.2, 0.25) is 0 Å². The first-order valence-electron chi connectivity index (χ1n) is 10.0. The molecule has 1 aromatic rings. The Kier molecular flexibility index (Phi) is 10.4. The van der Waals surface area contributed by atoms with Crippen molar-refractivity contribution in [1.82, 2.24) is 4.31 Å². The fourth-order valence-corrected chi connectivity index (χ4v) is 4.47. The fraction of sp³-hybridized carbons (Fsp3) is 0.714. The van der Waals surface area contributed by atoms with E-state index >= 15 is 0 Å². The number of sulfonamides is 1. The van der Waals surface area contributed by atoms with Crippen molar-refractivity contribution in [3.8, 4) is 0 Å². The Balaban J connectivity index is 2.83. The SMILES string of the molecule is CCCCCCN(CCCCCC)S(=O)(=O)c1ccc(C(C)C)cc1. The molecule has 3 nitrogen and oxygen atoms in total. The first-order valence-corrected chi connectivity index (χ1v) is 11.5. The quantitative estimate of drug-likeness (QED) is 0.403. The monoisotopic (exact) mass is 367 g/mol. The summed E-state index contributed by atoms with van der Waals surface area (Å²) in [6.07, 6.45) is 8.78. The summed E-state index contributed by atoms with van der Waals surface area (Å²) in [7, 11) is -3.38. The normalized spacial score (nSPS) is 12.2. The van der Waals surface area contributed by atoms with E-state index in [1.807, 2.05) is 12.1 Å². The van der Waals surface area contributed by atoms with Gasteiger partial charge in [-0.2, -0.15) is 4.31 Å². The van der Waals surface area contributed by atoms with Crippen LogP contribution in [-0.2, 0) is 10.0 Å². The Morgan fingerprint density at radius 3 is 1.68 bits per heavy atom. The molecule has 0 aliphatic rings. The fourth-order valence-electron chi connectivity index (χ4n) is 2.96. The Hall–Kier alpha value is -0.870. The van der Waals surface area contributed by atoms with Crippen LogP contribution in [0.3, 0.4) is 0 Å². The molecular weight excluding hydrogens is 330 g/mol. The van der Waals surface area contributed by atoms with Gasteiger partial charge in [-0.05, 0) is 36.5 Å². The summed E-state index contributed by atoms with van der Waals surface area (Å²) in [6.45, 7) is 9.88. The van der Waals surface area contributed by atoms with Gasteiger partial charge >= 0.3 is 0 Å². The average Bonchev–Trinajstić information content (AvgIpc) is 2.60. The molecule has 0 spiro atoms. The summed E-state index contributed by atoms with van der Waals surface area (Å²) in [5.41, 5.74) is 1.18. The molecule has 0 fully saturated rings. The van der Waals surface area contributed by atoms with Gasteiger partial charge in [0.15, 0.2) is 0 Å². The summed E-state index contributed by atoms with van der Waals surface area (Å²) in [5, 5.41) is 0. The second kappa shape index (κ2) is 11.7. The summed E-state index contributed by atoms with van der Waals surface area (Å²) in [5.74, 6) is 0.413. The lowest BCUT2D eigenvalue weighted by atomic mass is 10.0. The van der Waals surface area contributed by atoms with Gasteiger partial charge in [0.2, 0.25) is 10.0 Å². The molecule has 0 bridgehead atoms. The smallest absolute Gasteiger partial charge is 0.207 e. The van der Waals surface area contributed by atoms with E-state index in [0.717, 1.165) is 25.7 Å². The lowest BCUT2D eigenvalue weighted by Crippen LogP contribution is -2.33. The van der Waals surface area contributed by atoms with Crippen LogP contribution in [0.15, 0.2) is 29.2 Å². The van der Waals surface area contributed by atoms with Gasteiger partial charge in [-0.15, -0.1) is 0 Å². The number of benzene rings is 1. The highest BCUT2D eigenvalue weighted by molar-refractivity contribution is 7.89. The molecule has 0 radical (unpaired) electrons. The standard InChI is InChI=1S/C21H37NO2S/c1-5-7-9-11-17-22(18-12-10-8-6-2)25(23,24)21-15-13-20(14-16-21)19(3)4/h13-16,19H,5-12,17-18H2,1-4H3. The van der Waals surface area contributed by atoms with Gasteiger partial charge in [-0.25, -0.2) is 8.42 Å². The lowest BCUT2D eigenvalue weighted by Gasteiger charge is -2.22. The van der Waals surface area contributed by atoms with E-state index in [1.54, 1.807) is 16.4 Å². The predicted molar refractivity (Wildman–Crippen MR) is 108 cm³/mol. The largest absolute Gasteiger partial charge is 0.243 e. The van der Waals surface area contributed by atoms with E-state index < -0.39 is 10.0 Å². The van der Waals surface area contributed by atoms with Crippen molar-refractivity contribution < 1.29 is 8.42 Å². The summed E-state index contributed by atoms with van der Waals surface area (Å²) in [6, 6.07) is 7.44. The minimum Gasteiger partial charge on any atom is -0.207 e. The van der Waals surface area contributed by atoms with Crippen molar-refractivity contribution in [2.75, 3.05) is 13.1 Å². The third kappa shape index (κ3) is 7.49. The van der Waals surface area contributed by atoms with E-state index in [-0.39, 0.29) is 0 Å². The molecule has 0 saturated heterocycles. The molecule has 0 aromatic heterocycles. The molecule has 0 saturated carbocycles. The van der Waals surface area contributed by atoms with Crippen LogP contribution in [0, 0.1) is 0 Å². The third-order valence-electron chi connectivity index (χ3n) is 4.71. The van der Waals surface area contributed by atoms with E-state index in [9.17, 15) is 8.42 Å². The highest BCUT2D eigenvalue weighted by Gasteiger charge is 2.23. The van der Waals surface area contributed by atoms with Crippen LogP contribution in [0.4, 0.5) is 0 Å². The maximum absolute atomic E-state index is 13.1. The first kappa shape index (κ1) is 22.2. The highest BCUT2D eigenvalue weighted by atomic mass is 32.2.